The van der Waals surface area contributed by atoms with Crippen molar-refractivity contribution in [3.63, 3.8) is 0 Å². The zero-order valence-corrected chi connectivity index (χ0v) is 16.6. The number of anilines is 1. The van der Waals surface area contributed by atoms with Crippen LogP contribution < -0.4 is 15.8 Å². The van der Waals surface area contributed by atoms with E-state index in [1.165, 1.54) is 6.07 Å². The van der Waals surface area contributed by atoms with Gasteiger partial charge < -0.3 is 20.9 Å². The lowest BCUT2D eigenvalue weighted by Crippen LogP contribution is -2.28. The molecule has 3 aromatic rings. The number of hydrogen-bond acceptors (Lipinski definition) is 6. The number of methoxy groups -OCH3 is 1. The molecule has 0 bridgehead atoms. The molecular weight excluding hydrogens is 376 g/mol. The highest BCUT2D eigenvalue weighted by Crippen LogP contribution is 2.33. The topological polar surface area (TPSA) is 93.3 Å². The van der Waals surface area contributed by atoms with Gasteiger partial charge in [-0.1, -0.05) is 30.7 Å². The standard InChI is InChI=1S/C21H23ClN4O2/c1-3-15(23)11-24-21-18(13-4-7-16(28-2)8-5-13)12-25-20(26-21)17-10-14(22)6-9-19(17)27/h4-10,12,15,27H,3,11,23H2,1-2H3,(H,24,25,26). The molecule has 0 radical (unpaired) electrons. The zero-order chi connectivity index (χ0) is 20.1. The molecule has 28 heavy (non-hydrogen) atoms. The van der Waals surface area contributed by atoms with Crippen molar-refractivity contribution >= 4 is 17.4 Å². The molecule has 1 atom stereocenters. The Morgan fingerprint density at radius 2 is 1.93 bits per heavy atom. The van der Waals surface area contributed by atoms with Crippen LogP contribution in [0, 0.1) is 0 Å². The Bertz CT molecular complexity index is 948. The highest BCUT2D eigenvalue weighted by Gasteiger charge is 2.14. The van der Waals surface area contributed by atoms with E-state index in [2.05, 4.69) is 15.3 Å². The second-order valence-corrected chi connectivity index (χ2v) is 6.83. The number of aromatic hydroxyl groups is 1. The lowest BCUT2D eigenvalue weighted by atomic mass is 10.1. The number of nitrogens with one attached hydrogen (secondary N) is 1. The summed E-state index contributed by atoms with van der Waals surface area (Å²) in [6, 6.07) is 12.4. The van der Waals surface area contributed by atoms with Crippen LogP contribution >= 0.6 is 11.6 Å². The summed E-state index contributed by atoms with van der Waals surface area (Å²) in [6.07, 6.45) is 2.57. The highest BCUT2D eigenvalue weighted by atomic mass is 35.5. The van der Waals surface area contributed by atoms with Crippen LogP contribution in [0.4, 0.5) is 5.82 Å². The fourth-order valence-electron chi connectivity index (χ4n) is 2.69. The minimum atomic E-state index is 0.00158. The van der Waals surface area contributed by atoms with E-state index in [-0.39, 0.29) is 11.8 Å². The van der Waals surface area contributed by atoms with E-state index in [9.17, 15) is 5.11 Å². The van der Waals surface area contributed by atoms with E-state index < -0.39 is 0 Å². The van der Waals surface area contributed by atoms with Gasteiger partial charge in [0.05, 0.1) is 12.7 Å². The number of phenolic OH excluding ortho intramolecular Hbond substituents is 1. The maximum absolute atomic E-state index is 10.2. The van der Waals surface area contributed by atoms with E-state index in [1.807, 2.05) is 31.2 Å². The first-order chi connectivity index (χ1) is 13.5. The number of rotatable bonds is 7. The van der Waals surface area contributed by atoms with Gasteiger partial charge >= 0.3 is 0 Å². The number of nitrogens with zero attached hydrogens (tertiary/aromatic N) is 2. The Hall–Kier alpha value is -2.83. The van der Waals surface area contributed by atoms with Crippen molar-refractivity contribution in [2.24, 2.45) is 5.73 Å². The Kier molecular flexibility index (Phi) is 6.34. The predicted octanol–water partition coefficient (Wildman–Crippen LogP) is 4.33. The summed E-state index contributed by atoms with van der Waals surface area (Å²) in [5.41, 5.74) is 8.30. The number of hydrogen-bond donors (Lipinski definition) is 3. The molecule has 1 aromatic heterocycles. The molecule has 0 aliphatic carbocycles. The van der Waals surface area contributed by atoms with Crippen molar-refractivity contribution in [2.45, 2.75) is 19.4 Å². The number of aromatic nitrogens is 2. The number of nitrogens with two attached hydrogens (primary N) is 1. The molecule has 0 fully saturated rings. The number of ether oxygens (including phenoxy) is 1. The fourth-order valence-corrected chi connectivity index (χ4v) is 2.86. The minimum absolute atomic E-state index is 0.00158. The largest absolute Gasteiger partial charge is 0.507 e. The Morgan fingerprint density at radius 3 is 2.61 bits per heavy atom. The van der Waals surface area contributed by atoms with Gasteiger partial charge in [0.15, 0.2) is 5.82 Å². The molecule has 0 saturated heterocycles. The second-order valence-electron chi connectivity index (χ2n) is 6.40. The maximum Gasteiger partial charge on any atom is 0.165 e. The molecule has 146 valence electrons. The fraction of sp³-hybridized carbons (Fsp3) is 0.238. The third-order valence-electron chi connectivity index (χ3n) is 4.45. The van der Waals surface area contributed by atoms with Crippen LogP contribution in [0.25, 0.3) is 22.5 Å². The average molecular weight is 399 g/mol. The summed E-state index contributed by atoms with van der Waals surface area (Å²) in [5.74, 6) is 1.86. The molecule has 0 aliphatic heterocycles. The molecule has 1 unspecified atom stereocenters. The molecule has 2 aromatic carbocycles. The lowest BCUT2D eigenvalue weighted by molar-refractivity contribution is 0.415. The first-order valence-electron chi connectivity index (χ1n) is 9.01. The monoisotopic (exact) mass is 398 g/mol. The van der Waals surface area contributed by atoms with Crippen molar-refractivity contribution < 1.29 is 9.84 Å². The Balaban J connectivity index is 2.04. The van der Waals surface area contributed by atoms with E-state index >= 15 is 0 Å². The Labute approximate surface area is 169 Å². The highest BCUT2D eigenvalue weighted by molar-refractivity contribution is 6.30. The summed E-state index contributed by atoms with van der Waals surface area (Å²) in [4.78, 5) is 9.09. The summed E-state index contributed by atoms with van der Waals surface area (Å²) in [7, 11) is 1.63. The van der Waals surface area contributed by atoms with Crippen LogP contribution in [0.2, 0.25) is 5.02 Å². The van der Waals surface area contributed by atoms with E-state index in [4.69, 9.17) is 22.1 Å². The van der Waals surface area contributed by atoms with Crippen LogP contribution in [0.15, 0.2) is 48.7 Å². The summed E-state index contributed by atoms with van der Waals surface area (Å²) >= 11 is 6.07. The molecule has 4 N–H and O–H groups in total. The molecule has 0 aliphatic rings. The van der Waals surface area contributed by atoms with Gasteiger partial charge in [-0.3, -0.25) is 0 Å². The molecule has 7 heteroatoms. The van der Waals surface area contributed by atoms with Crippen molar-refractivity contribution in [3.8, 4) is 34.0 Å². The zero-order valence-electron chi connectivity index (χ0n) is 15.8. The molecular formula is C21H23ClN4O2. The quantitative estimate of drug-likeness (QED) is 0.548. The van der Waals surface area contributed by atoms with Gasteiger partial charge in [0.25, 0.3) is 0 Å². The number of halogens is 1. The van der Waals surface area contributed by atoms with Crippen molar-refractivity contribution in [2.75, 3.05) is 19.0 Å². The predicted molar refractivity (Wildman–Crippen MR) is 113 cm³/mol. The van der Waals surface area contributed by atoms with Crippen LogP contribution in [0.1, 0.15) is 13.3 Å². The van der Waals surface area contributed by atoms with Crippen molar-refractivity contribution in [1.82, 2.24) is 9.97 Å². The van der Waals surface area contributed by atoms with Crippen LogP contribution in [-0.2, 0) is 0 Å². The molecule has 6 nitrogen and oxygen atoms in total. The SMILES string of the molecule is CCC(N)CNc1nc(-c2cc(Cl)ccc2O)ncc1-c1ccc(OC)cc1. The Morgan fingerprint density at radius 1 is 1.18 bits per heavy atom. The van der Waals surface area contributed by atoms with E-state index in [1.54, 1.807) is 25.4 Å². The van der Waals surface area contributed by atoms with E-state index in [0.717, 1.165) is 23.3 Å². The summed E-state index contributed by atoms with van der Waals surface area (Å²) in [6.45, 7) is 2.60. The molecule has 0 amide bonds. The van der Waals surface area contributed by atoms with Crippen molar-refractivity contribution in [1.29, 1.82) is 0 Å². The average Bonchev–Trinajstić information content (AvgIpc) is 2.73. The van der Waals surface area contributed by atoms with Crippen LogP contribution in [0.5, 0.6) is 11.5 Å². The van der Waals surface area contributed by atoms with Gasteiger partial charge in [-0.15, -0.1) is 0 Å². The van der Waals surface area contributed by atoms with Gasteiger partial charge in [-0.05, 0) is 42.3 Å². The number of benzene rings is 2. The minimum Gasteiger partial charge on any atom is -0.507 e. The summed E-state index contributed by atoms with van der Waals surface area (Å²) in [5, 5.41) is 14.0. The van der Waals surface area contributed by atoms with Gasteiger partial charge in [-0.2, -0.15) is 0 Å². The third-order valence-corrected chi connectivity index (χ3v) is 4.68. The normalized spacial score (nSPS) is 11.9. The first-order valence-corrected chi connectivity index (χ1v) is 9.39. The van der Waals surface area contributed by atoms with Crippen LogP contribution in [-0.4, -0.2) is 34.8 Å². The van der Waals surface area contributed by atoms with Gasteiger partial charge in [0.1, 0.15) is 17.3 Å². The molecule has 3 rings (SSSR count). The third kappa shape index (κ3) is 4.52. The van der Waals surface area contributed by atoms with Gasteiger partial charge in [0.2, 0.25) is 0 Å². The second kappa shape index (κ2) is 8.91. The van der Waals surface area contributed by atoms with Crippen LogP contribution in [0.3, 0.4) is 0 Å². The summed E-state index contributed by atoms with van der Waals surface area (Å²) < 4.78 is 5.23. The molecule has 1 heterocycles. The first kappa shape index (κ1) is 19.9. The molecule has 0 spiro atoms. The van der Waals surface area contributed by atoms with Gasteiger partial charge in [-0.25, -0.2) is 9.97 Å². The van der Waals surface area contributed by atoms with Crippen molar-refractivity contribution in [3.05, 3.63) is 53.7 Å². The van der Waals surface area contributed by atoms with E-state index in [0.29, 0.717) is 28.8 Å². The number of phenols is 1. The smallest absolute Gasteiger partial charge is 0.165 e. The maximum atomic E-state index is 10.2. The lowest BCUT2D eigenvalue weighted by Gasteiger charge is -2.16. The van der Waals surface area contributed by atoms with Gasteiger partial charge in [0, 0.05) is 29.4 Å². The molecule has 0 saturated carbocycles.